The molecule has 0 radical (unpaired) electrons. The van der Waals surface area contributed by atoms with Crippen LogP contribution in [0, 0.1) is 5.92 Å². The van der Waals surface area contributed by atoms with E-state index in [4.69, 9.17) is 0 Å². The topological polar surface area (TPSA) is 12.0 Å². The third kappa shape index (κ3) is 8.68. The van der Waals surface area contributed by atoms with Crippen LogP contribution in [0.25, 0.3) is 0 Å². The molecule has 1 nitrogen and oxygen atoms in total. The first-order chi connectivity index (χ1) is 9.36. The van der Waals surface area contributed by atoms with Crippen molar-refractivity contribution in [2.75, 3.05) is 6.54 Å². The van der Waals surface area contributed by atoms with Gasteiger partial charge < -0.3 is 5.32 Å². The van der Waals surface area contributed by atoms with Crippen LogP contribution in [0.15, 0.2) is 0 Å². The molecule has 19 heavy (non-hydrogen) atoms. The van der Waals surface area contributed by atoms with Crippen LogP contribution in [0.1, 0.15) is 97.3 Å². The summed E-state index contributed by atoms with van der Waals surface area (Å²) >= 11 is 0. The third-order valence-corrected chi connectivity index (χ3v) is 4.71. The summed E-state index contributed by atoms with van der Waals surface area (Å²) < 4.78 is 0. The molecular weight excluding hydrogens is 230 g/mol. The Morgan fingerprint density at radius 3 is 2.00 bits per heavy atom. The maximum atomic E-state index is 3.69. The molecule has 1 N–H and O–H groups in total. The van der Waals surface area contributed by atoms with Gasteiger partial charge in [0.05, 0.1) is 0 Å². The molecule has 0 aliphatic carbocycles. The largest absolute Gasteiger partial charge is 0.314 e. The highest BCUT2D eigenvalue weighted by atomic mass is 14.9. The molecular formula is C18H37N. The summed E-state index contributed by atoms with van der Waals surface area (Å²) in [6.45, 7) is 5.89. The van der Waals surface area contributed by atoms with Crippen molar-refractivity contribution in [3.05, 3.63) is 0 Å². The first-order valence-electron chi connectivity index (χ1n) is 9.10. The Labute approximate surface area is 121 Å². The summed E-state index contributed by atoms with van der Waals surface area (Å²) in [4.78, 5) is 0. The molecule has 1 aliphatic rings. The molecule has 1 aliphatic heterocycles. The lowest BCUT2D eigenvalue weighted by Crippen LogP contribution is -2.24. The van der Waals surface area contributed by atoms with Crippen LogP contribution in [-0.2, 0) is 0 Å². The van der Waals surface area contributed by atoms with Crippen molar-refractivity contribution in [2.45, 2.75) is 103 Å². The van der Waals surface area contributed by atoms with Gasteiger partial charge in [0.15, 0.2) is 0 Å². The fourth-order valence-electron chi connectivity index (χ4n) is 3.46. The number of hydrogen-bond acceptors (Lipinski definition) is 1. The standard InChI is InChI=1S/C18H37N/c1-3-5-7-9-12-17(13-10-8-6-4-2)16-18-14-11-15-19-18/h17-19H,3-16H2,1-2H3/t18-/m1/s1. The maximum absolute atomic E-state index is 3.69. The SMILES string of the molecule is CCCCCCC(CCCCCC)C[C@H]1CCCN1. The predicted molar refractivity (Wildman–Crippen MR) is 86.6 cm³/mol. The van der Waals surface area contributed by atoms with E-state index in [9.17, 15) is 0 Å². The van der Waals surface area contributed by atoms with E-state index in [0.29, 0.717) is 0 Å². The highest BCUT2D eigenvalue weighted by Crippen LogP contribution is 2.25. The molecule has 114 valence electrons. The molecule has 0 bridgehead atoms. The van der Waals surface area contributed by atoms with Crippen molar-refractivity contribution >= 4 is 0 Å². The van der Waals surface area contributed by atoms with Gasteiger partial charge in [-0.05, 0) is 31.7 Å². The molecule has 1 rings (SSSR count). The molecule has 0 spiro atoms. The van der Waals surface area contributed by atoms with Crippen molar-refractivity contribution in [2.24, 2.45) is 5.92 Å². The van der Waals surface area contributed by atoms with Crippen LogP contribution in [-0.4, -0.2) is 12.6 Å². The Hall–Kier alpha value is -0.0400. The van der Waals surface area contributed by atoms with Gasteiger partial charge in [0.2, 0.25) is 0 Å². The number of hydrogen-bond donors (Lipinski definition) is 1. The van der Waals surface area contributed by atoms with Crippen LogP contribution in [0.4, 0.5) is 0 Å². The highest BCUT2D eigenvalue weighted by molar-refractivity contribution is 4.77. The van der Waals surface area contributed by atoms with Gasteiger partial charge in [-0.2, -0.15) is 0 Å². The minimum Gasteiger partial charge on any atom is -0.314 e. The van der Waals surface area contributed by atoms with Crippen molar-refractivity contribution in [3.8, 4) is 0 Å². The van der Waals surface area contributed by atoms with E-state index in [2.05, 4.69) is 19.2 Å². The quantitative estimate of drug-likeness (QED) is 0.448. The molecule has 0 aromatic carbocycles. The van der Waals surface area contributed by atoms with Gasteiger partial charge in [-0.15, -0.1) is 0 Å². The summed E-state index contributed by atoms with van der Waals surface area (Å²) in [5, 5.41) is 3.69. The van der Waals surface area contributed by atoms with Gasteiger partial charge in [0, 0.05) is 6.04 Å². The molecule has 0 saturated carbocycles. The van der Waals surface area contributed by atoms with Crippen LogP contribution >= 0.6 is 0 Å². The summed E-state index contributed by atoms with van der Waals surface area (Å²) in [5.41, 5.74) is 0. The van der Waals surface area contributed by atoms with Crippen LogP contribution in [0.3, 0.4) is 0 Å². The van der Waals surface area contributed by atoms with E-state index in [1.807, 2.05) is 0 Å². The third-order valence-electron chi connectivity index (χ3n) is 4.71. The zero-order valence-electron chi connectivity index (χ0n) is 13.6. The number of rotatable bonds is 12. The second-order valence-corrected chi connectivity index (χ2v) is 6.59. The molecule has 1 fully saturated rings. The van der Waals surface area contributed by atoms with Gasteiger partial charge in [-0.1, -0.05) is 78.1 Å². The van der Waals surface area contributed by atoms with E-state index in [0.717, 1.165) is 12.0 Å². The van der Waals surface area contributed by atoms with Gasteiger partial charge in [0.1, 0.15) is 0 Å². The lowest BCUT2D eigenvalue weighted by atomic mass is 9.88. The Morgan fingerprint density at radius 1 is 0.895 bits per heavy atom. The maximum Gasteiger partial charge on any atom is 0.00701 e. The molecule has 1 atom stereocenters. The smallest absolute Gasteiger partial charge is 0.00701 e. The minimum absolute atomic E-state index is 0.849. The van der Waals surface area contributed by atoms with E-state index in [-0.39, 0.29) is 0 Å². The molecule has 1 saturated heterocycles. The zero-order chi connectivity index (χ0) is 13.8. The fourth-order valence-corrected chi connectivity index (χ4v) is 3.46. The molecule has 1 heteroatoms. The number of nitrogens with one attached hydrogen (secondary N) is 1. The summed E-state index contributed by atoms with van der Waals surface area (Å²) in [7, 11) is 0. The molecule has 0 aromatic rings. The molecule has 0 aromatic heterocycles. The normalized spacial score (nSPS) is 19.4. The predicted octanol–water partition coefficient (Wildman–Crippen LogP) is 5.69. The van der Waals surface area contributed by atoms with Crippen molar-refractivity contribution < 1.29 is 0 Å². The van der Waals surface area contributed by atoms with Crippen molar-refractivity contribution in [1.82, 2.24) is 5.32 Å². The summed E-state index contributed by atoms with van der Waals surface area (Å²) in [6.07, 6.45) is 18.7. The van der Waals surface area contributed by atoms with Crippen LogP contribution in [0.5, 0.6) is 0 Å². The molecule has 0 unspecified atom stereocenters. The fraction of sp³-hybridized carbons (Fsp3) is 1.00. The van der Waals surface area contributed by atoms with Gasteiger partial charge >= 0.3 is 0 Å². The first-order valence-corrected chi connectivity index (χ1v) is 9.10. The number of unbranched alkanes of at least 4 members (excludes halogenated alkanes) is 6. The Morgan fingerprint density at radius 2 is 1.53 bits per heavy atom. The Kier molecular flexibility index (Phi) is 10.5. The van der Waals surface area contributed by atoms with Crippen LogP contribution in [0.2, 0.25) is 0 Å². The van der Waals surface area contributed by atoms with Crippen LogP contribution < -0.4 is 5.32 Å². The monoisotopic (exact) mass is 267 g/mol. The second kappa shape index (κ2) is 11.8. The second-order valence-electron chi connectivity index (χ2n) is 6.59. The first kappa shape index (κ1) is 17.0. The van der Waals surface area contributed by atoms with Crippen molar-refractivity contribution in [1.29, 1.82) is 0 Å². The van der Waals surface area contributed by atoms with E-state index in [1.165, 1.54) is 90.0 Å². The van der Waals surface area contributed by atoms with E-state index < -0.39 is 0 Å². The van der Waals surface area contributed by atoms with E-state index >= 15 is 0 Å². The Bertz CT molecular complexity index is 172. The average Bonchev–Trinajstić information content (AvgIpc) is 2.92. The Balaban J connectivity index is 2.16. The van der Waals surface area contributed by atoms with Gasteiger partial charge in [0.25, 0.3) is 0 Å². The minimum atomic E-state index is 0.849. The lowest BCUT2D eigenvalue weighted by molar-refractivity contribution is 0.343. The zero-order valence-corrected chi connectivity index (χ0v) is 13.6. The van der Waals surface area contributed by atoms with Gasteiger partial charge in [-0.25, -0.2) is 0 Å². The highest BCUT2D eigenvalue weighted by Gasteiger charge is 2.19. The van der Waals surface area contributed by atoms with Crippen molar-refractivity contribution in [3.63, 3.8) is 0 Å². The summed E-state index contributed by atoms with van der Waals surface area (Å²) in [5.74, 6) is 1.00. The lowest BCUT2D eigenvalue weighted by Gasteiger charge is -2.21. The molecule has 1 heterocycles. The molecule has 0 amide bonds. The van der Waals surface area contributed by atoms with Gasteiger partial charge in [-0.3, -0.25) is 0 Å². The average molecular weight is 268 g/mol. The van der Waals surface area contributed by atoms with E-state index in [1.54, 1.807) is 0 Å². The summed E-state index contributed by atoms with van der Waals surface area (Å²) in [6, 6.07) is 0.849.